The highest BCUT2D eigenvalue weighted by Gasteiger charge is 2.47. The lowest BCUT2D eigenvalue weighted by Gasteiger charge is -2.51. The van der Waals surface area contributed by atoms with Crippen LogP contribution in [0.25, 0.3) is 11.2 Å². The molecule has 1 saturated heterocycles. The second-order valence-corrected chi connectivity index (χ2v) is 20.2. The zero-order valence-corrected chi connectivity index (χ0v) is 32.9. The summed E-state index contributed by atoms with van der Waals surface area (Å²) in [6.07, 6.45) is 0.588. The molecule has 7 rings (SSSR count). The highest BCUT2D eigenvalue weighted by Crippen LogP contribution is 2.45. The van der Waals surface area contributed by atoms with Crippen molar-refractivity contribution >= 4 is 31.3 Å². The Morgan fingerprint density at radius 2 is 1.40 bits per heavy atom. The molecule has 1 fully saturated rings. The van der Waals surface area contributed by atoms with Gasteiger partial charge in [0.05, 0.1) is 24.6 Å². The van der Waals surface area contributed by atoms with E-state index in [1.165, 1.54) is 0 Å². The van der Waals surface area contributed by atoms with Crippen LogP contribution in [-0.4, -0.2) is 71.1 Å². The zero-order valence-electron chi connectivity index (χ0n) is 31.9. The van der Waals surface area contributed by atoms with Gasteiger partial charge in [-0.15, -0.1) is 0 Å². The second kappa shape index (κ2) is 15.8. The number of imidazole rings is 1. The number of carbonyl (C=O) groups is 1. The average Bonchev–Trinajstić information content (AvgIpc) is 3.63. The van der Waals surface area contributed by atoms with Crippen molar-refractivity contribution in [2.45, 2.75) is 56.8 Å². The van der Waals surface area contributed by atoms with Crippen molar-refractivity contribution in [3.63, 3.8) is 0 Å². The predicted molar refractivity (Wildman–Crippen MR) is 217 cm³/mol. The van der Waals surface area contributed by atoms with Crippen LogP contribution in [0.3, 0.4) is 0 Å². The van der Waals surface area contributed by atoms with E-state index in [1.54, 1.807) is 23.0 Å². The van der Waals surface area contributed by atoms with E-state index in [4.69, 9.17) is 18.9 Å². The molecule has 6 aromatic rings. The minimum atomic E-state index is -2.17. The molecular weight excluding hydrogens is 709 g/mol. The Bertz CT molecular complexity index is 2160. The second-order valence-electron chi connectivity index (χ2n) is 15.4. The lowest BCUT2D eigenvalue weighted by molar-refractivity contribution is -0.146. The van der Waals surface area contributed by atoms with Gasteiger partial charge in [-0.1, -0.05) is 130 Å². The van der Waals surface area contributed by atoms with Gasteiger partial charge in [0.15, 0.2) is 26.1 Å². The van der Waals surface area contributed by atoms with Crippen LogP contribution in [-0.2, 0) is 19.5 Å². The van der Waals surface area contributed by atoms with Crippen LogP contribution in [0.5, 0.6) is 5.75 Å². The maximum absolute atomic E-state index is 13.4. The van der Waals surface area contributed by atoms with E-state index < -0.39 is 31.6 Å². The molecule has 0 saturated carbocycles. The zero-order chi connectivity index (χ0) is 38.6. The molecule has 1 aliphatic rings. The standard InChI is InChI=1S/C43H48N6O5Si/c1-42(2,3)55(4,5)53-28-35-26-48(43(31-18-10-6-11-19-31,32-20-12-7-13-21-32)33-22-14-8-15-23-33)27-37(54-35)49-30-44-38-39(49)46-41(47-40(38)51)45-36(50)29-52-34-24-16-9-17-25-34/h6-25,30,35,37H,26-29H2,1-5H3,(H2,45,46,47,50,51)/t35-,37+/m0/s1. The first-order chi connectivity index (χ1) is 26.5. The Hall–Kier alpha value is -5.40. The molecule has 2 N–H and O–H groups in total. The van der Waals surface area contributed by atoms with Gasteiger partial charge in [-0.05, 0) is 47.0 Å². The Balaban J connectivity index is 1.31. The molecule has 12 heteroatoms. The number of benzene rings is 4. The molecular formula is C43H48N6O5Si. The van der Waals surface area contributed by atoms with Crippen molar-refractivity contribution in [2.24, 2.45) is 0 Å². The minimum Gasteiger partial charge on any atom is -0.484 e. The number of anilines is 1. The summed E-state index contributed by atoms with van der Waals surface area (Å²) >= 11 is 0. The monoisotopic (exact) mass is 756 g/mol. The van der Waals surface area contributed by atoms with Crippen molar-refractivity contribution in [2.75, 3.05) is 31.6 Å². The number of para-hydroxylation sites is 1. The van der Waals surface area contributed by atoms with Crippen LogP contribution in [0.1, 0.15) is 43.7 Å². The summed E-state index contributed by atoms with van der Waals surface area (Å²) in [6.45, 7) is 12.2. The molecule has 284 valence electrons. The van der Waals surface area contributed by atoms with Gasteiger partial charge in [-0.2, -0.15) is 4.98 Å². The van der Waals surface area contributed by atoms with E-state index in [0.29, 0.717) is 25.4 Å². The fraction of sp³-hybridized carbons (Fsp3) is 0.302. The number of H-pyrrole nitrogens is 1. The maximum atomic E-state index is 13.4. The van der Waals surface area contributed by atoms with Crippen LogP contribution in [0, 0.1) is 0 Å². The fourth-order valence-corrected chi connectivity index (χ4v) is 8.01. The van der Waals surface area contributed by atoms with Crippen molar-refractivity contribution in [1.82, 2.24) is 24.4 Å². The van der Waals surface area contributed by atoms with Crippen LogP contribution in [0.4, 0.5) is 5.95 Å². The number of aromatic amines is 1. The maximum Gasteiger partial charge on any atom is 0.280 e. The normalized spacial score (nSPS) is 16.9. The first-order valence-corrected chi connectivity index (χ1v) is 21.5. The van der Waals surface area contributed by atoms with Crippen LogP contribution < -0.4 is 15.6 Å². The van der Waals surface area contributed by atoms with E-state index in [0.717, 1.165) is 16.7 Å². The van der Waals surface area contributed by atoms with Gasteiger partial charge in [-0.25, -0.2) is 4.98 Å². The van der Waals surface area contributed by atoms with Crippen LogP contribution >= 0.6 is 0 Å². The number of hydrogen-bond acceptors (Lipinski definition) is 8. The number of aromatic nitrogens is 4. The van der Waals surface area contributed by atoms with Crippen LogP contribution in [0.15, 0.2) is 132 Å². The van der Waals surface area contributed by atoms with Gasteiger partial charge in [-0.3, -0.25) is 29.4 Å². The average molecular weight is 757 g/mol. The highest BCUT2D eigenvalue weighted by atomic mass is 28.4. The number of nitrogens with one attached hydrogen (secondary N) is 2. The Kier molecular flexibility index (Phi) is 10.9. The minimum absolute atomic E-state index is 0.00109. The highest BCUT2D eigenvalue weighted by molar-refractivity contribution is 6.74. The number of fused-ring (bicyclic) bond motifs is 1. The third-order valence-electron chi connectivity index (χ3n) is 10.7. The van der Waals surface area contributed by atoms with Gasteiger partial charge < -0.3 is 13.9 Å². The van der Waals surface area contributed by atoms with E-state index in [2.05, 4.69) is 127 Å². The molecule has 11 nitrogen and oxygen atoms in total. The Morgan fingerprint density at radius 3 is 1.95 bits per heavy atom. The van der Waals surface area contributed by atoms with E-state index in [9.17, 15) is 9.59 Å². The lowest BCUT2D eigenvalue weighted by atomic mass is 9.75. The summed E-state index contributed by atoms with van der Waals surface area (Å²) in [5, 5.41) is 2.69. The summed E-state index contributed by atoms with van der Waals surface area (Å²) in [6, 6.07) is 40.7. The van der Waals surface area contributed by atoms with Gasteiger partial charge in [0.25, 0.3) is 11.5 Å². The smallest absolute Gasteiger partial charge is 0.280 e. The summed E-state index contributed by atoms with van der Waals surface area (Å²) < 4.78 is 21.2. The number of nitrogens with zero attached hydrogens (tertiary/aromatic N) is 4. The first-order valence-electron chi connectivity index (χ1n) is 18.6. The summed E-state index contributed by atoms with van der Waals surface area (Å²) in [5.74, 6) is 0.0635. The molecule has 1 aliphatic heterocycles. The van der Waals surface area contributed by atoms with Crippen molar-refractivity contribution in [3.8, 4) is 5.75 Å². The fourth-order valence-electron chi connectivity index (χ4n) is 6.97. The lowest BCUT2D eigenvalue weighted by Crippen LogP contribution is -2.58. The molecule has 3 heterocycles. The largest absolute Gasteiger partial charge is 0.484 e. The molecule has 4 aromatic carbocycles. The number of carbonyl (C=O) groups excluding carboxylic acids is 1. The number of rotatable bonds is 12. The molecule has 0 spiro atoms. The van der Waals surface area contributed by atoms with Gasteiger partial charge in [0.2, 0.25) is 5.95 Å². The van der Waals surface area contributed by atoms with Crippen molar-refractivity contribution < 1.29 is 18.7 Å². The molecule has 2 aromatic heterocycles. The quantitative estimate of drug-likeness (QED) is 0.0982. The molecule has 2 atom stereocenters. The number of ether oxygens (including phenoxy) is 2. The first kappa shape index (κ1) is 37.9. The molecule has 0 radical (unpaired) electrons. The molecule has 0 aliphatic carbocycles. The Labute approximate surface area is 322 Å². The predicted octanol–water partition coefficient (Wildman–Crippen LogP) is 7.35. The van der Waals surface area contributed by atoms with Gasteiger partial charge >= 0.3 is 0 Å². The van der Waals surface area contributed by atoms with Crippen molar-refractivity contribution in [3.05, 3.63) is 155 Å². The molecule has 1 amide bonds. The third kappa shape index (κ3) is 7.90. The Morgan fingerprint density at radius 1 is 0.855 bits per heavy atom. The van der Waals surface area contributed by atoms with E-state index >= 15 is 0 Å². The van der Waals surface area contributed by atoms with Crippen LogP contribution in [0.2, 0.25) is 18.1 Å². The summed E-state index contributed by atoms with van der Waals surface area (Å²) in [7, 11) is -2.17. The SMILES string of the molecule is CC(C)(C)[Si](C)(C)OC[C@@H]1CN(C(c2ccccc2)(c2ccccc2)c2ccccc2)C[C@H](n2cnc3c(=O)[nH]c(NC(=O)COc4ccccc4)nc32)O1. The van der Waals surface area contributed by atoms with E-state index in [-0.39, 0.29) is 34.9 Å². The van der Waals surface area contributed by atoms with Gasteiger partial charge in [0.1, 0.15) is 12.0 Å². The molecule has 0 unspecified atom stereocenters. The molecule has 55 heavy (non-hydrogen) atoms. The number of amides is 1. The van der Waals surface area contributed by atoms with Crippen molar-refractivity contribution in [1.29, 1.82) is 0 Å². The van der Waals surface area contributed by atoms with Gasteiger partial charge in [0, 0.05) is 13.1 Å². The third-order valence-corrected chi connectivity index (χ3v) is 15.2. The topological polar surface area (TPSA) is 124 Å². The number of morpholine rings is 1. The summed E-state index contributed by atoms with van der Waals surface area (Å²) in [5.41, 5.74) is 2.50. The number of hydrogen-bond donors (Lipinski definition) is 2. The summed E-state index contributed by atoms with van der Waals surface area (Å²) in [4.78, 5) is 40.6. The molecule has 0 bridgehead atoms. The van der Waals surface area contributed by atoms with E-state index in [1.807, 2.05) is 36.4 Å².